The van der Waals surface area contributed by atoms with Crippen molar-refractivity contribution in [3.05, 3.63) is 35.5 Å². The van der Waals surface area contributed by atoms with Gasteiger partial charge in [0.15, 0.2) is 6.29 Å². The largest absolute Gasteiger partial charge is 0.345 e. The summed E-state index contributed by atoms with van der Waals surface area (Å²) < 4.78 is 2.32. The molecule has 2 heteroatoms. The molecule has 14 heavy (non-hydrogen) atoms. The molecular weight excluding hydrogens is 174 g/mol. The zero-order valence-electron chi connectivity index (χ0n) is 7.86. The lowest BCUT2D eigenvalue weighted by molar-refractivity contribution is 0.112. The Morgan fingerprint density at radius 1 is 1.36 bits per heavy atom. The molecule has 0 saturated heterocycles. The Hall–Kier alpha value is -1.57. The summed E-state index contributed by atoms with van der Waals surface area (Å²) in [7, 11) is 0. The number of hydrogen-bond donors (Lipinski definition) is 0. The molecule has 0 amide bonds. The van der Waals surface area contributed by atoms with Crippen molar-refractivity contribution in [1.29, 1.82) is 0 Å². The van der Waals surface area contributed by atoms with E-state index in [2.05, 4.69) is 16.7 Å². The second-order valence-corrected chi connectivity index (χ2v) is 3.79. The molecule has 0 radical (unpaired) electrons. The average Bonchev–Trinajstić information content (AvgIpc) is 2.76. The molecule has 0 aliphatic carbocycles. The molecule has 0 bridgehead atoms. The first kappa shape index (κ1) is 7.80. The second kappa shape index (κ2) is 2.71. The Morgan fingerprint density at radius 2 is 2.29 bits per heavy atom. The Balaban J connectivity index is 2.41. The fourth-order valence-electron chi connectivity index (χ4n) is 2.35. The maximum absolute atomic E-state index is 10.8. The third-order valence-electron chi connectivity index (χ3n) is 3.01. The summed E-state index contributed by atoms with van der Waals surface area (Å²) in [6.07, 6.45) is 3.32. The van der Waals surface area contributed by atoms with Gasteiger partial charge >= 0.3 is 0 Å². The summed E-state index contributed by atoms with van der Waals surface area (Å²) in [5.74, 6) is 0. The van der Waals surface area contributed by atoms with Crippen LogP contribution in [0.2, 0.25) is 0 Å². The maximum atomic E-state index is 10.8. The number of nitrogens with zero attached hydrogens (tertiary/aromatic N) is 1. The fourth-order valence-corrected chi connectivity index (χ4v) is 2.35. The van der Waals surface area contributed by atoms with E-state index in [9.17, 15) is 4.79 Å². The van der Waals surface area contributed by atoms with Crippen molar-refractivity contribution in [3.8, 4) is 0 Å². The molecular formula is C12H11NO. The molecule has 70 valence electrons. The quantitative estimate of drug-likeness (QED) is 0.625. The molecule has 0 N–H and O–H groups in total. The van der Waals surface area contributed by atoms with Crippen LogP contribution < -0.4 is 0 Å². The van der Waals surface area contributed by atoms with Crippen molar-refractivity contribution < 1.29 is 4.79 Å². The van der Waals surface area contributed by atoms with Gasteiger partial charge in [0.25, 0.3) is 0 Å². The smallest absolute Gasteiger partial charge is 0.150 e. The van der Waals surface area contributed by atoms with Crippen molar-refractivity contribution in [2.45, 2.75) is 19.4 Å². The second-order valence-electron chi connectivity index (χ2n) is 3.79. The summed E-state index contributed by atoms with van der Waals surface area (Å²) in [6, 6.07) is 8.09. The van der Waals surface area contributed by atoms with E-state index in [-0.39, 0.29) is 0 Å². The van der Waals surface area contributed by atoms with Crippen LogP contribution in [0.15, 0.2) is 24.3 Å². The van der Waals surface area contributed by atoms with Gasteiger partial charge in [-0.05, 0) is 25.0 Å². The fraction of sp³-hybridized carbons (Fsp3) is 0.250. The molecule has 1 aliphatic heterocycles. The zero-order chi connectivity index (χ0) is 9.54. The van der Waals surface area contributed by atoms with Crippen LogP contribution in [0.1, 0.15) is 22.5 Å². The highest BCUT2D eigenvalue weighted by atomic mass is 16.1. The van der Waals surface area contributed by atoms with E-state index >= 15 is 0 Å². The van der Waals surface area contributed by atoms with Gasteiger partial charge in [0, 0.05) is 28.7 Å². The number of carbonyl (C=O) groups excluding carboxylic acids is 1. The highest BCUT2D eigenvalue weighted by Gasteiger charge is 2.15. The first-order chi connectivity index (χ1) is 6.90. The molecule has 0 saturated carbocycles. The predicted octanol–water partition coefficient (Wildman–Crippen LogP) is 2.40. The minimum absolute atomic E-state index is 0.810. The normalized spacial score (nSPS) is 14.6. The van der Waals surface area contributed by atoms with E-state index in [1.165, 1.54) is 17.6 Å². The van der Waals surface area contributed by atoms with Crippen LogP contribution in [0.5, 0.6) is 0 Å². The molecule has 3 rings (SSSR count). The predicted molar refractivity (Wildman–Crippen MR) is 55.6 cm³/mol. The highest BCUT2D eigenvalue weighted by molar-refractivity contribution is 5.97. The molecule has 0 spiro atoms. The topological polar surface area (TPSA) is 22.0 Å². The molecule has 0 unspecified atom stereocenters. The standard InChI is InChI=1S/C12H11NO/c14-8-9-3-1-5-12-11(9)7-10-4-2-6-13(10)12/h1,3,5,7-8H,2,4,6H2. The van der Waals surface area contributed by atoms with Gasteiger partial charge in [-0.3, -0.25) is 4.79 Å². The van der Waals surface area contributed by atoms with Gasteiger partial charge in [0.05, 0.1) is 0 Å². The van der Waals surface area contributed by atoms with E-state index in [1.54, 1.807) is 0 Å². The Bertz CT molecular complexity index is 510. The van der Waals surface area contributed by atoms with Crippen LogP contribution in [-0.2, 0) is 13.0 Å². The Labute approximate surface area is 82.1 Å². The summed E-state index contributed by atoms with van der Waals surface area (Å²) in [5, 5.41) is 1.11. The number of hydrogen-bond acceptors (Lipinski definition) is 1. The lowest BCUT2D eigenvalue weighted by Gasteiger charge is -2.00. The van der Waals surface area contributed by atoms with Gasteiger partial charge < -0.3 is 4.57 Å². The van der Waals surface area contributed by atoms with Crippen molar-refractivity contribution in [1.82, 2.24) is 4.57 Å². The third-order valence-corrected chi connectivity index (χ3v) is 3.01. The Morgan fingerprint density at radius 3 is 3.14 bits per heavy atom. The lowest BCUT2D eigenvalue weighted by Crippen LogP contribution is -1.91. The maximum Gasteiger partial charge on any atom is 0.150 e. The minimum atomic E-state index is 0.810. The Kier molecular flexibility index (Phi) is 1.51. The highest BCUT2D eigenvalue weighted by Crippen LogP contribution is 2.27. The van der Waals surface area contributed by atoms with Crippen molar-refractivity contribution in [2.24, 2.45) is 0 Å². The summed E-state index contributed by atoms with van der Waals surface area (Å²) in [5.41, 5.74) is 3.39. The third kappa shape index (κ3) is 0.882. The molecule has 1 aromatic carbocycles. The summed E-state index contributed by atoms with van der Waals surface area (Å²) >= 11 is 0. The average molecular weight is 185 g/mol. The van der Waals surface area contributed by atoms with E-state index in [0.717, 1.165) is 30.2 Å². The van der Waals surface area contributed by atoms with Gasteiger partial charge in [0.1, 0.15) is 0 Å². The van der Waals surface area contributed by atoms with Gasteiger partial charge in [0.2, 0.25) is 0 Å². The SMILES string of the molecule is O=Cc1cccc2c1cc1n2CCC1. The van der Waals surface area contributed by atoms with Crippen LogP contribution >= 0.6 is 0 Å². The first-order valence-corrected chi connectivity index (χ1v) is 4.96. The van der Waals surface area contributed by atoms with Crippen LogP contribution in [-0.4, -0.2) is 10.9 Å². The van der Waals surface area contributed by atoms with Gasteiger partial charge in [-0.2, -0.15) is 0 Å². The lowest BCUT2D eigenvalue weighted by atomic mass is 10.1. The van der Waals surface area contributed by atoms with Crippen molar-refractivity contribution >= 4 is 17.2 Å². The number of aryl methyl sites for hydroxylation is 2. The van der Waals surface area contributed by atoms with Crippen LogP contribution in [0.25, 0.3) is 10.9 Å². The minimum Gasteiger partial charge on any atom is -0.345 e. The van der Waals surface area contributed by atoms with E-state index in [4.69, 9.17) is 0 Å². The molecule has 2 aromatic rings. The zero-order valence-corrected chi connectivity index (χ0v) is 7.86. The van der Waals surface area contributed by atoms with Gasteiger partial charge in [-0.1, -0.05) is 12.1 Å². The van der Waals surface area contributed by atoms with E-state index in [0.29, 0.717) is 0 Å². The first-order valence-electron chi connectivity index (χ1n) is 4.96. The monoisotopic (exact) mass is 185 g/mol. The molecule has 0 fully saturated rings. The number of carbonyl (C=O) groups is 1. The van der Waals surface area contributed by atoms with Gasteiger partial charge in [-0.15, -0.1) is 0 Å². The molecule has 0 atom stereocenters. The van der Waals surface area contributed by atoms with Gasteiger partial charge in [-0.25, -0.2) is 0 Å². The van der Waals surface area contributed by atoms with E-state index < -0.39 is 0 Å². The van der Waals surface area contributed by atoms with E-state index in [1.807, 2.05) is 12.1 Å². The van der Waals surface area contributed by atoms with Crippen LogP contribution in [0.3, 0.4) is 0 Å². The van der Waals surface area contributed by atoms with Crippen LogP contribution in [0, 0.1) is 0 Å². The van der Waals surface area contributed by atoms with Crippen molar-refractivity contribution in [2.75, 3.05) is 0 Å². The molecule has 2 nitrogen and oxygen atoms in total. The summed E-state index contributed by atoms with van der Waals surface area (Å²) in [6.45, 7) is 1.10. The number of aldehydes is 1. The number of aromatic nitrogens is 1. The molecule has 2 heterocycles. The molecule has 1 aromatic heterocycles. The number of rotatable bonds is 1. The number of fused-ring (bicyclic) bond motifs is 3. The number of benzene rings is 1. The summed E-state index contributed by atoms with van der Waals surface area (Å²) in [4.78, 5) is 10.8. The molecule has 1 aliphatic rings. The van der Waals surface area contributed by atoms with Crippen molar-refractivity contribution in [3.63, 3.8) is 0 Å². The van der Waals surface area contributed by atoms with Crippen LogP contribution in [0.4, 0.5) is 0 Å².